The third-order valence-electron chi connectivity index (χ3n) is 2.52. The Morgan fingerprint density at radius 1 is 1.29 bits per heavy atom. The summed E-state index contributed by atoms with van der Waals surface area (Å²) in [5.41, 5.74) is 1.22. The van der Waals surface area contributed by atoms with Crippen molar-refractivity contribution in [3.05, 3.63) is 29.8 Å². The van der Waals surface area contributed by atoms with E-state index in [1.807, 2.05) is 31.2 Å². The molecule has 0 spiro atoms. The molecule has 2 rings (SSSR count). The van der Waals surface area contributed by atoms with Gasteiger partial charge < -0.3 is 4.74 Å². The Morgan fingerprint density at radius 3 is 2.57 bits per heavy atom. The van der Waals surface area contributed by atoms with Gasteiger partial charge in [0, 0.05) is 12.8 Å². The first-order valence-corrected chi connectivity index (χ1v) is 4.99. The van der Waals surface area contributed by atoms with Crippen LogP contribution in [-0.2, 0) is 4.79 Å². The number of carbonyl (C=O) groups is 1. The Bertz CT molecular complexity index is 327. The second-order valence-corrected chi connectivity index (χ2v) is 3.83. The summed E-state index contributed by atoms with van der Waals surface area (Å²) in [7, 11) is 0. The van der Waals surface area contributed by atoms with Gasteiger partial charge in [-0.1, -0.05) is 17.7 Å². The lowest BCUT2D eigenvalue weighted by atomic mass is 10.2. The van der Waals surface area contributed by atoms with E-state index in [2.05, 4.69) is 0 Å². The average Bonchev–Trinajstić information content (AvgIpc) is 2.56. The van der Waals surface area contributed by atoms with E-state index in [1.165, 1.54) is 5.56 Å². The van der Waals surface area contributed by atoms with Gasteiger partial charge in [-0.3, -0.25) is 4.79 Å². The minimum atomic E-state index is 0.102. The first kappa shape index (κ1) is 9.25. The summed E-state index contributed by atoms with van der Waals surface area (Å²) in [6.45, 7) is 2.04. The van der Waals surface area contributed by atoms with E-state index < -0.39 is 0 Å². The monoisotopic (exact) mass is 190 g/mol. The van der Waals surface area contributed by atoms with Crippen LogP contribution in [0.1, 0.15) is 24.8 Å². The Labute approximate surface area is 83.9 Å². The Morgan fingerprint density at radius 2 is 2.00 bits per heavy atom. The molecule has 0 saturated heterocycles. The van der Waals surface area contributed by atoms with Crippen LogP contribution in [0.15, 0.2) is 24.3 Å². The van der Waals surface area contributed by atoms with Crippen LogP contribution in [0.4, 0.5) is 0 Å². The van der Waals surface area contributed by atoms with Gasteiger partial charge >= 0.3 is 0 Å². The number of aryl methyl sites for hydroxylation is 1. The van der Waals surface area contributed by atoms with Crippen LogP contribution in [0.3, 0.4) is 0 Å². The lowest BCUT2D eigenvalue weighted by molar-refractivity contribution is -0.117. The van der Waals surface area contributed by atoms with Crippen LogP contribution in [0.2, 0.25) is 0 Å². The first-order valence-electron chi connectivity index (χ1n) is 4.99. The van der Waals surface area contributed by atoms with Gasteiger partial charge in [0.1, 0.15) is 17.6 Å². The van der Waals surface area contributed by atoms with Crippen molar-refractivity contribution in [2.45, 2.75) is 32.3 Å². The Hall–Kier alpha value is -1.31. The summed E-state index contributed by atoms with van der Waals surface area (Å²) in [5, 5.41) is 0. The van der Waals surface area contributed by atoms with Crippen molar-refractivity contribution in [1.82, 2.24) is 0 Å². The van der Waals surface area contributed by atoms with E-state index in [4.69, 9.17) is 4.74 Å². The summed E-state index contributed by atoms with van der Waals surface area (Å²) in [6, 6.07) is 7.95. The molecule has 0 radical (unpaired) electrons. The van der Waals surface area contributed by atoms with Gasteiger partial charge in [-0.05, 0) is 25.5 Å². The molecule has 1 fully saturated rings. The molecule has 0 bridgehead atoms. The molecule has 1 unspecified atom stereocenters. The first-order chi connectivity index (χ1) is 6.74. The molecule has 1 aromatic carbocycles. The van der Waals surface area contributed by atoms with Crippen molar-refractivity contribution in [1.29, 1.82) is 0 Å². The van der Waals surface area contributed by atoms with Crippen LogP contribution in [0, 0.1) is 6.92 Å². The SMILES string of the molecule is Cc1ccc(OC2CCC(=O)C2)cc1. The predicted molar refractivity (Wildman–Crippen MR) is 54.5 cm³/mol. The molecule has 1 atom stereocenters. The number of ketones is 1. The van der Waals surface area contributed by atoms with Crippen molar-refractivity contribution in [2.24, 2.45) is 0 Å². The van der Waals surface area contributed by atoms with E-state index in [9.17, 15) is 4.79 Å². The van der Waals surface area contributed by atoms with E-state index >= 15 is 0 Å². The molecule has 0 heterocycles. The second-order valence-electron chi connectivity index (χ2n) is 3.83. The lowest BCUT2D eigenvalue weighted by Crippen LogP contribution is -2.11. The largest absolute Gasteiger partial charge is 0.490 e. The fraction of sp³-hybridized carbons (Fsp3) is 0.417. The van der Waals surface area contributed by atoms with Crippen molar-refractivity contribution in [2.75, 3.05) is 0 Å². The normalized spacial score (nSPS) is 21.2. The number of benzene rings is 1. The molecular weight excluding hydrogens is 176 g/mol. The van der Waals surface area contributed by atoms with Gasteiger partial charge in [0.25, 0.3) is 0 Å². The molecular formula is C12H14O2. The van der Waals surface area contributed by atoms with Gasteiger partial charge in [-0.15, -0.1) is 0 Å². The van der Waals surface area contributed by atoms with Crippen molar-refractivity contribution < 1.29 is 9.53 Å². The molecule has 0 aliphatic heterocycles. The number of Topliss-reactive ketones (excluding diaryl/α,β-unsaturated/α-hetero) is 1. The molecule has 2 nitrogen and oxygen atoms in total. The summed E-state index contributed by atoms with van der Waals surface area (Å²) in [4.78, 5) is 11.0. The highest BCUT2D eigenvalue weighted by Crippen LogP contribution is 2.22. The molecule has 2 heteroatoms. The molecule has 1 saturated carbocycles. The molecule has 0 amide bonds. The topological polar surface area (TPSA) is 26.3 Å². The van der Waals surface area contributed by atoms with Gasteiger partial charge in [-0.2, -0.15) is 0 Å². The van der Waals surface area contributed by atoms with Gasteiger partial charge in [-0.25, -0.2) is 0 Å². The summed E-state index contributed by atoms with van der Waals surface area (Å²) < 4.78 is 5.68. The molecule has 0 aromatic heterocycles. The molecule has 1 aliphatic carbocycles. The molecule has 74 valence electrons. The maximum absolute atomic E-state index is 11.0. The Balaban J connectivity index is 1.97. The van der Waals surface area contributed by atoms with E-state index in [-0.39, 0.29) is 6.10 Å². The summed E-state index contributed by atoms with van der Waals surface area (Å²) in [5.74, 6) is 1.19. The number of hydrogen-bond acceptors (Lipinski definition) is 2. The zero-order valence-electron chi connectivity index (χ0n) is 8.32. The summed E-state index contributed by atoms with van der Waals surface area (Å²) in [6.07, 6.45) is 2.22. The second kappa shape index (κ2) is 3.82. The van der Waals surface area contributed by atoms with E-state index in [0.717, 1.165) is 12.2 Å². The van der Waals surface area contributed by atoms with Crippen LogP contribution >= 0.6 is 0 Å². The van der Waals surface area contributed by atoms with E-state index in [0.29, 0.717) is 18.6 Å². The standard InChI is InChI=1S/C12H14O2/c1-9-2-5-11(6-3-9)14-12-7-4-10(13)8-12/h2-3,5-6,12H,4,7-8H2,1H3. The fourth-order valence-corrected chi connectivity index (χ4v) is 1.69. The van der Waals surface area contributed by atoms with Crippen LogP contribution in [-0.4, -0.2) is 11.9 Å². The van der Waals surface area contributed by atoms with Crippen LogP contribution < -0.4 is 4.74 Å². The maximum atomic E-state index is 11.0. The molecule has 14 heavy (non-hydrogen) atoms. The number of ether oxygens (including phenoxy) is 1. The molecule has 1 aromatic rings. The lowest BCUT2D eigenvalue weighted by Gasteiger charge is -2.11. The van der Waals surface area contributed by atoms with Crippen molar-refractivity contribution in [3.63, 3.8) is 0 Å². The fourth-order valence-electron chi connectivity index (χ4n) is 1.69. The zero-order chi connectivity index (χ0) is 9.97. The highest BCUT2D eigenvalue weighted by molar-refractivity contribution is 5.81. The molecule has 0 N–H and O–H groups in total. The quantitative estimate of drug-likeness (QED) is 0.716. The van der Waals surface area contributed by atoms with Gasteiger partial charge in [0.15, 0.2) is 0 Å². The smallest absolute Gasteiger partial charge is 0.136 e. The van der Waals surface area contributed by atoms with E-state index in [1.54, 1.807) is 0 Å². The minimum Gasteiger partial charge on any atom is -0.490 e. The van der Waals surface area contributed by atoms with Crippen LogP contribution in [0.5, 0.6) is 5.75 Å². The highest BCUT2D eigenvalue weighted by atomic mass is 16.5. The highest BCUT2D eigenvalue weighted by Gasteiger charge is 2.23. The Kier molecular flexibility index (Phi) is 2.53. The van der Waals surface area contributed by atoms with Gasteiger partial charge in [0.05, 0.1) is 0 Å². The third kappa shape index (κ3) is 2.13. The maximum Gasteiger partial charge on any atom is 0.136 e. The zero-order valence-corrected chi connectivity index (χ0v) is 8.32. The number of carbonyl (C=O) groups excluding carboxylic acids is 1. The number of rotatable bonds is 2. The predicted octanol–water partition coefficient (Wildman–Crippen LogP) is 2.50. The minimum absolute atomic E-state index is 0.102. The van der Waals surface area contributed by atoms with Gasteiger partial charge in [0.2, 0.25) is 0 Å². The van der Waals surface area contributed by atoms with Crippen molar-refractivity contribution >= 4 is 5.78 Å². The van der Waals surface area contributed by atoms with Crippen molar-refractivity contribution in [3.8, 4) is 5.75 Å². The average molecular weight is 190 g/mol. The number of hydrogen-bond donors (Lipinski definition) is 0. The third-order valence-corrected chi connectivity index (χ3v) is 2.52. The summed E-state index contributed by atoms with van der Waals surface area (Å²) >= 11 is 0. The molecule has 1 aliphatic rings. The van der Waals surface area contributed by atoms with Crippen LogP contribution in [0.25, 0.3) is 0 Å².